The highest BCUT2D eigenvalue weighted by atomic mass is 16.5. The molecule has 9 heteroatoms. The molecule has 0 aromatic heterocycles. The molecule has 7 atom stereocenters. The van der Waals surface area contributed by atoms with Crippen molar-refractivity contribution < 1.29 is 39.2 Å². The van der Waals surface area contributed by atoms with Crippen LogP contribution in [0.4, 0.5) is 0 Å². The van der Waals surface area contributed by atoms with E-state index in [4.69, 9.17) is 4.74 Å². The summed E-state index contributed by atoms with van der Waals surface area (Å²) in [6.45, 7) is 6.52. The zero-order valence-electron chi connectivity index (χ0n) is 23.0. The maximum absolute atomic E-state index is 13.3. The Labute approximate surface area is 224 Å². The number of carbonyl (C=O) groups excluding carboxylic acids is 4. The van der Waals surface area contributed by atoms with Crippen molar-refractivity contribution in [3.63, 3.8) is 0 Å². The standard InChI is InChI=1S/C29H43NO8/c1-26(2,16-31)30-23(35)7-8-24(36)38-15-22(34)29(37)12-10-20-19-6-5-17-13-18(32)9-11-27(17,3)25(19)21(33)14-28(20,29)4/h13,19-21,25,31,33,37H,5-12,14-16H2,1-4H3,(H,30,35)/t19-,20-,21-,25-,27+,28+,29+/m1/s1. The summed E-state index contributed by atoms with van der Waals surface area (Å²) in [5, 5.41) is 35.1. The van der Waals surface area contributed by atoms with Gasteiger partial charge in [0.1, 0.15) is 5.60 Å². The Bertz CT molecular complexity index is 1040. The van der Waals surface area contributed by atoms with E-state index in [1.807, 2.05) is 6.92 Å². The molecule has 0 spiro atoms. The van der Waals surface area contributed by atoms with Crippen molar-refractivity contribution in [2.75, 3.05) is 13.2 Å². The number of amides is 1. The molecule has 0 unspecified atom stereocenters. The summed E-state index contributed by atoms with van der Waals surface area (Å²) in [7, 11) is 0. The lowest BCUT2D eigenvalue weighted by molar-refractivity contribution is -0.184. The molecule has 0 aromatic carbocycles. The van der Waals surface area contributed by atoms with E-state index in [0.717, 1.165) is 18.4 Å². The zero-order chi connectivity index (χ0) is 28.1. The van der Waals surface area contributed by atoms with Gasteiger partial charge in [0.25, 0.3) is 0 Å². The zero-order valence-corrected chi connectivity index (χ0v) is 23.0. The highest BCUT2D eigenvalue weighted by Gasteiger charge is 2.68. The molecule has 3 saturated carbocycles. The number of rotatable bonds is 8. The van der Waals surface area contributed by atoms with Gasteiger partial charge < -0.3 is 25.4 Å². The number of hydrogen-bond donors (Lipinski definition) is 4. The SMILES string of the molecule is CC(C)(CO)NC(=O)CCC(=O)OCC(=O)[C@@]1(O)CC[C@@H]2[C@H]3CCC4=CC(=O)CC[C@]4(C)[C@H]3[C@H](O)C[C@@]21C. The van der Waals surface area contributed by atoms with Crippen LogP contribution in [0.1, 0.15) is 85.5 Å². The Morgan fingerprint density at radius 1 is 1.13 bits per heavy atom. The Balaban J connectivity index is 1.40. The van der Waals surface area contributed by atoms with Crippen molar-refractivity contribution in [2.24, 2.45) is 28.6 Å². The molecule has 9 nitrogen and oxygen atoms in total. The minimum Gasteiger partial charge on any atom is -0.458 e. The number of allylic oxidation sites excluding steroid dienone is 1. The van der Waals surface area contributed by atoms with Crippen LogP contribution in [-0.4, -0.2) is 69.2 Å². The van der Waals surface area contributed by atoms with E-state index in [2.05, 4.69) is 12.2 Å². The summed E-state index contributed by atoms with van der Waals surface area (Å²) < 4.78 is 5.16. The first-order valence-corrected chi connectivity index (χ1v) is 13.9. The third kappa shape index (κ3) is 4.86. The quantitative estimate of drug-likeness (QED) is 0.346. The van der Waals surface area contributed by atoms with E-state index < -0.39 is 46.9 Å². The van der Waals surface area contributed by atoms with Gasteiger partial charge in [0.05, 0.1) is 24.7 Å². The van der Waals surface area contributed by atoms with Gasteiger partial charge >= 0.3 is 5.97 Å². The molecule has 38 heavy (non-hydrogen) atoms. The van der Waals surface area contributed by atoms with E-state index >= 15 is 0 Å². The Hall–Kier alpha value is -2.10. The highest BCUT2D eigenvalue weighted by molar-refractivity contribution is 5.92. The average Bonchev–Trinajstić information content (AvgIpc) is 3.12. The molecule has 3 fully saturated rings. The van der Waals surface area contributed by atoms with Crippen molar-refractivity contribution in [1.29, 1.82) is 0 Å². The van der Waals surface area contributed by atoms with Crippen molar-refractivity contribution >= 4 is 23.4 Å². The highest BCUT2D eigenvalue weighted by Crippen LogP contribution is 2.67. The minimum absolute atomic E-state index is 0.0223. The van der Waals surface area contributed by atoms with Gasteiger partial charge in [-0.2, -0.15) is 0 Å². The first kappa shape index (κ1) is 28.9. The van der Waals surface area contributed by atoms with E-state index in [-0.39, 0.29) is 61.2 Å². The van der Waals surface area contributed by atoms with Gasteiger partial charge in [-0.1, -0.05) is 19.4 Å². The summed E-state index contributed by atoms with van der Waals surface area (Å²) in [5.41, 5.74) is -2.50. The van der Waals surface area contributed by atoms with Crippen LogP contribution < -0.4 is 5.32 Å². The number of aliphatic hydroxyl groups is 3. The van der Waals surface area contributed by atoms with E-state index in [1.165, 1.54) is 0 Å². The summed E-state index contributed by atoms with van der Waals surface area (Å²) in [6.07, 6.45) is 4.65. The van der Waals surface area contributed by atoms with Gasteiger partial charge in [-0.05, 0) is 81.6 Å². The number of nitrogens with one attached hydrogen (secondary N) is 1. The summed E-state index contributed by atoms with van der Waals surface area (Å²) in [5.74, 6) is -1.40. The molecule has 0 radical (unpaired) electrons. The first-order valence-electron chi connectivity index (χ1n) is 13.9. The molecular weight excluding hydrogens is 490 g/mol. The second-order valence-corrected chi connectivity index (χ2v) is 13.2. The Kier molecular flexibility index (Phi) is 7.71. The number of ether oxygens (including phenoxy) is 1. The van der Waals surface area contributed by atoms with E-state index in [0.29, 0.717) is 19.3 Å². The number of ketones is 2. The van der Waals surface area contributed by atoms with Crippen molar-refractivity contribution in [3.05, 3.63) is 11.6 Å². The largest absolute Gasteiger partial charge is 0.458 e. The third-order valence-corrected chi connectivity index (χ3v) is 10.3. The number of carbonyl (C=O) groups is 4. The molecule has 0 saturated heterocycles. The normalized spacial score (nSPS) is 38.4. The van der Waals surface area contributed by atoms with E-state index in [9.17, 15) is 34.5 Å². The predicted octanol–water partition coefficient (Wildman–Crippen LogP) is 2.00. The van der Waals surface area contributed by atoms with Crippen LogP contribution >= 0.6 is 0 Å². The molecule has 0 aliphatic heterocycles. The number of Topliss-reactive ketones (excluding diaryl/α,β-unsaturated/α-hetero) is 1. The van der Waals surface area contributed by atoms with Crippen LogP contribution in [-0.2, 0) is 23.9 Å². The fourth-order valence-electron chi connectivity index (χ4n) is 8.18. The van der Waals surface area contributed by atoms with Gasteiger partial charge in [0.15, 0.2) is 12.4 Å². The van der Waals surface area contributed by atoms with Crippen LogP contribution in [0.15, 0.2) is 11.6 Å². The number of fused-ring (bicyclic) bond motifs is 5. The summed E-state index contributed by atoms with van der Waals surface area (Å²) in [4.78, 5) is 49.7. The molecule has 4 rings (SSSR count). The van der Waals surface area contributed by atoms with Crippen LogP contribution in [0.3, 0.4) is 0 Å². The first-order chi connectivity index (χ1) is 17.7. The van der Waals surface area contributed by atoms with Gasteiger partial charge in [0, 0.05) is 18.3 Å². The van der Waals surface area contributed by atoms with Gasteiger partial charge in [-0.3, -0.25) is 19.2 Å². The fourth-order valence-corrected chi connectivity index (χ4v) is 8.18. The molecule has 0 bridgehead atoms. The fraction of sp³-hybridized carbons (Fsp3) is 0.793. The second-order valence-electron chi connectivity index (χ2n) is 13.2. The van der Waals surface area contributed by atoms with Crippen molar-refractivity contribution in [3.8, 4) is 0 Å². The molecule has 4 aliphatic carbocycles. The lowest BCUT2D eigenvalue weighted by atomic mass is 9.45. The molecule has 212 valence electrons. The summed E-state index contributed by atoms with van der Waals surface area (Å²) in [6, 6.07) is 0. The second kappa shape index (κ2) is 10.1. The monoisotopic (exact) mass is 533 g/mol. The smallest absolute Gasteiger partial charge is 0.306 e. The third-order valence-electron chi connectivity index (χ3n) is 10.3. The number of esters is 1. The lowest BCUT2D eigenvalue weighted by Crippen LogP contribution is -2.62. The van der Waals surface area contributed by atoms with Gasteiger partial charge in [0.2, 0.25) is 11.7 Å². The number of aliphatic hydroxyl groups excluding tert-OH is 2. The van der Waals surface area contributed by atoms with E-state index in [1.54, 1.807) is 19.9 Å². The molecule has 0 heterocycles. The predicted molar refractivity (Wildman–Crippen MR) is 138 cm³/mol. The Morgan fingerprint density at radius 3 is 2.53 bits per heavy atom. The van der Waals surface area contributed by atoms with Crippen molar-refractivity contribution in [2.45, 2.75) is 103 Å². The van der Waals surface area contributed by atoms with Crippen molar-refractivity contribution in [1.82, 2.24) is 5.32 Å². The van der Waals surface area contributed by atoms with Crippen LogP contribution in [0.5, 0.6) is 0 Å². The molecular formula is C29H43NO8. The Morgan fingerprint density at radius 2 is 1.84 bits per heavy atom. The maximum atomic E-state index is 13.3. The molecule has 4 N–H and O–H groups in total. The topological polar surface area (TPSA) is 150 Å². The lowest BCUT2D eigenvalue weighted by Gasteiger charge is -2.60. The molecule has 0 aromatic rings. The summed E-state index contributed by atoms with van der Waals surface area (Å²) >= 11 is 0. The molecule has 1 amide bonds. The van der Waals surface area contributed by atoms with Crippen LogP contribution in [0, 0.1) is 28.6 Å². The minimum atomic E-state index is -1.72. The van der Waals surface area contributed by atoms with Gasteiger partial charge in [-0.15, -0.1) is 0 Å². The average molecular weight is 534 g/mol. The maximum Gasteiger partial charge on any atom is 0.306 e. The van der Waals surface area contributed by atoms with Crippen LogP contribution in [0.25, 0.3) is 0 Å². The van der Waals surface area contributed by atoms with Crippen LogP contribution in [0.2, 0.25) is 0 Å². The van der Waals surface area contributed by atoms with Gasteiger partial charge in [-0.25, -0.2) is 0 Å². The number of hydrogen-bond acceptors (Lipinski definition) is 8. The molecule has 4 aliphatic rings.